The molecule has 1 rings (SSSR count). The molecule has 0 radical (unpaired) electrons. The summed E-state index contributed by atoms with van der Waals surface area (Å²) in [4.78, 5) is 0. The Morgan fingerprint density at radius 1 is 1.75 bits per heavy atom. The predicted molar refractivity (Wildman–Crippen MR) is 43.5 cm³/mol. The molecule has 1 saturated heterocycles. The van der Waals surface area contributed by atoms with E-state index in [1.807, 2.05) is 29.6 Å². The van der Waals surface area contributed by atoms with Gasteiger partial charge in [-0.25, -0.2) is 0 Å². The maximum atomic E-state index is 3.74. The standard InChI is InChI=1S/C6H10S2/c1-3-6-4-7-5(2)8-6/h3,5-6H,1,4H2,2H3. The number of hydrogen-bond acceptors (Lipinski definition) is 2. The first-order valence-corrected chi connectivity index (χ1v) is 4.71. The van der Waals surface area contributed by atoms with Crippen molar-refractivity contribution in [1.29, 1.82) is 0 Å². The number of rotatable bonds is 1. The Morgan fingerprint density at radius 2 is 2.50 bits per heavy atom. The van der Waals surface area contributed by atoms with Gasteiger partial charge in [0.1, 0.15) is 0 Å². The van der Waals surface area contributed by atoms with E-state index in [9.17, 15) is 0 Å². The van der Waals surface area contributed by atoms with Crippen LogP contribution in [0.5, 0.6) is 0 Å². The Bertz CT molecular complexity index is 90.5. The summed E-state index contributed by atoms with van der Waals surface area (Å²) < 4.78 is 0.790. The fourth-order valence-corrected chi connectivity index (χ4v) is 3.41. The normalized spacial score (nSPS) is 37.6. The summed E-state index contributed by atoms with van der Waals surface area (Å²) in [6.45, 7) is 5.99. The molecule has 1 aliphatic rings. The molecule has 46 valence electrons. The number of hydrogen-bond donors (Lipinski definition) is 0. The minimum Gasteiger partial charge on any atom is -0.146 e. The molecule has 0 spiro atoms. The first-order valence-electron chi connectivity index (χ1n) is 2.72. The second-order valence-corrected chi connectivity index (χ2v) is 5.07. The molecule has 0 amide bonds. The Kier molecular flexibility index (Phi) is 2.32. The van der Waals surface area contributed by atoms with Crippen molar-refractivity contribution in [3.8, 4) is 0 Å². The lowest BCUT2D eigenvalue weighted by atomic mass is 10.5. The second-order valence-electron chi connectivity index (χ2n) is 1.81. The van der Waals surface area contributed by atoms with Crippen molar-refractivity contribution >= 4 is 23.5 Å². The monoisotopic (exact) mass is 146 g/mol. The van der Waals surface area contributed by atoms with Gasteiger partial charge in [-0.05, 0) is 6.92 Å². The van der Waals surface area contributed by atoms with Crippen LogP contribution in [0.3, 0.4) is 0 Å². The van der Waals surface area contributed by atoms with Crippen LogP contribution in [-0.2, 0) is 0 Å². The Hall–Kier alpha value is 0.440. The highest BCUT2D eigenvalue weighted by Crippen LogP contribution is 2.37. The lowest BCUT2D eigenvalue weighted by Crippen LogP contribution is -1.92. The first kappa shape index (κ1) is 6.56. The lowest BCUT2D eigenvalue weighted by molar-refractivity contribution is 1.30. The van der Waals surface area contributed by atoms with Gasteiger partial charge in [0.15, 0.2) is 0 Å². The topological polar surface area (TPSA) is 0 Å². The third-order valence-electron chi connectivity index (χ3n) is 1.12. The van der Waals surface area contributed by atoms with Gasteiger partial charge in [-0.1, -0.05) is 6.08 Å². The van der Waals surface area contributed by atoms with Crippen molar-refractivity contribution < 1.29 is 0 Å². The summed E-state index contributed by atoms with van der Waals surface area (Å²) in [6.07, 6.45) is 2.04. The molecule has 0 aromatic heterocycles. The fourth-order valence-electron chi connectivity index (χ4n) is 0.679. The van der Waals surface area contributed by atoms with Crippen molar-refractivity contribution in [3.63, 3.8) is 0 Å². The van der Waals surface area contributed by atoms with Crippen molar-refractivity contribution in [2.45, 2.75) is 16.8 Å². The van der Waals surface area contributed by atoms with E-state index >= 15 is 0 Å². The van der Waals surface area contributed by atoms with Gasteiger partial charge in [0.2, 0.25) is 0 Å². The van der Waals surface area contributed by atoms with Gasteiger partial charge in [-0.15, -0.1) is 30.1 Å². The Morgan fingerprint density at radius 3 is 2.75 bits per heavy atom. The van der Waals surface area contributed by atoms with Crippen LogP contribution in [0, 0.1) is 0 Å². The van der Waals surface area contributed by atoms with Crippen molar-refractivity contribution in [2.24, 2.45) is 0 Å². The van der Waals surface area contributed by atoms with E-state index in [4.69, 9.17) is 0 Å². The Balaban J connectivity index is 2.32. The fraction of sp³-hybridized carbons (Fsp3) is 0.667. The van der Waals surface area contributed by atoms with E-state index < -0.39 is 0 Å². The second kappa shape index (κ2) is 2.83. The molecule has 0 aromatic carbocycles. The zero-order valence-electron chi connectivity index (χ0n) is 4.96. The smallest absolute Gasteiger partial charge is 0.0481 e. The van der Waals surface area contributed by atoms with Gasteiger partial charge in [-0.3, -0.25) is 0 Å². The molecular weight excluding hydrogens is 136 g/mol. The maximum Gasteiger partial charge on any atom is 0.0481 e. The molecule has 0 saturated carbocycles. The zero-order chi connectivity index (χ0) is 5.98. The van der Waals surface area contributed by atoms with Gasteiger partial charge in [-0.2, -0.15) is 0 Å². The van der Waals surface area contributed by atoms with Crippen LogP contribution in [0.1, 0.15) is 6.92 Å². The molecule has 2 atom stereocenters. The molecule has 1 aliphatic heterocycles. The van der Waals surface area contributed by atoms with Crippen LogP contribution in [0.2, 0.25) is 0 Å². The average Bonchev–Trinajstić information content (AvgIpc) is 2.14. The van der Waals surface area contributed by atoms with Crippen LogP contribution < -0.4 is 0 Å². The third-order valence-corrected chi connectivity index (χ3v) is 4.19. The van der Waals surface area contributed by atoms with Gasteiger partial charge >= 0.3 is 0 Å². The quantitative estimate of drug-likeness (QED) is 0.521. The third kappa shape index (κ3) is 1.46. The SMILES string of the molecule is C=CC1CSC(C)S1. The first-order chi connectivity index (χ1) is 3.83. The summed E-state index contributed by atoms with van der Waals surface area (Å²) in [5.41, 5.74) is 0. The van der Waals surface area contributed by atoms with E-state index in [2.05, 4.69) is 13.5 Å². The molecule has 8 heavy (non-hydrogen) atoms. The minimum atomic E-state index is 0.718. The van der Waals surface area contributed by atoms with E-state index in [0.717, 1.165) is 9.83 Å². The molecule has 2 unspecified atom stereocenters. The van der Waals surface area contributed by atoms with E-state index in [-0.39, 0.29) is 0 Å². The zero-order valence-corrected chi connectivity index (χ0v) is 6.60. The summed E-state index contributed by atoms with van der Waals surface area (Å²) in [5, 5.41) is 0.718. The Labute approximate surface area is 59.1 Å². The van der Waals surface area contributed by atoms with Crippen LogP contribution in [0.4, 0.5) is 0 Å². The average molecular weight is 146 g/mol. The molecule has 1 fully saturated rings. The molecule has 0 nitrogen and oxygen atoms in total. The summed E-state index contributed by atoms with van der Waals surface area (Å²) >= 11 is 4.03. The molecule has 0 aliphatic carbocycles. The van der Waals surface area contributed by atoms with E-state index in [0.29, 0.717) is 0 Å². The summed E-state index contributed by atoms with van der Waals surface area (Å²) in [7, 11) is 0. The van der Waals surface area contributed by atoms with Crippen molar-refractivity contribution in [2.75, 3.05) is 5.75 Å². The van der Waals surface area contributed by atoms with Crippen LogP contribution in [0.15, 0.2) is 12.7 Å². The highest BCUT2D eigenvalue weighted by atomic mass is 32.2. The van der Waals surface area contributed by atoms with Crippen LogP contribution in [0.25, 0.3) is 0 Å². The molecule has 2 heteroatoms. The molecule has 0 N–H and O–H groups in total. The van der Waals surface area contributed by atoms with Crippen LogP contribution in [-0.4, -0.2) is 15.6 Å². The highest BCUT2D eigenvalue weighted by Gasteiger charge is 2.18. The van der Waals surface area contributed by atoms with E-state index in [1.54, 1.807) is 0 Å². The molecule has 0 aromatic rings. The van der Waals surface area contributed by atoms with Crippen molar-refractivity contribution in [3.05, 3.63) is 12.7 Å². The van der Waals surface area contributed by atoms with Gasteiger partial charge in [0.05, 0.1) is 0 Å². The molecule has 1 heterocycles. The minimum absolute atomic E-state index is 0.718. The highest BCUT2D eigenvalue weighted by molar-refractivity contribution is 8.20. The largest absolute Gasteiger partial charge is 0.146 e. The molecule has 0 bridgehead atoms. The summed E-state index contributed by atoms with van der Waals surface area (Å²) in [6, 6.07) is 0. The van der Waals surface area contributed by atoms with E-state index in [1.165, 1.54) is 5.75 Å². The predicted octanol–water partition coefficient (Wildman–Crippen LogP) is 2.37. The van der Waals surface area contributed by atoms with Gasteiger partial charge in [0.25, 0.3) is 0 Å². The summed E-state index contributed by atoms with van der Waals surface area (Å²) in [5.74, 6) is 1.26. The van der Waals surface area contributed by atoms with Crippen molar-refractivity contribution in [1.82, 2.24) is 0 Å². The van der Waals surface area contributed by atoms with Gasteiger partial charge in [0, 0.05) is 15.6 Å². The van der Waals surface area contributed by atoms with Crippen LogP contribution >= 0.6 is 23.5 Å². The number of thioether (sulfide) groups is 2. The van der Waals surface area contributed by atoms with Gasteiger partial charge < -0.3 is 0 Å². The lowest BCUT2D eigenvalue weighted by Gasteiger charge is -1.97. The maximum absolute atomic E-state index is 3.74. The molecular formula is C6H10S2.